The molecule has 19 heavy (non-hydrogen) atoms. The zero-order valence-corrected chi connectivity index (χ0v) is 12.5. The van der Waals surface area contributed by atoms with Gasteiger partial charge in [-0.25, -0.2) is 9.97 Å². The van der Waals surface area contributed by atoms with E-state index in [1.807, 2.05) is 6.07 Å². The van der Waals surface area contributed by atoms with Crippen LogP contribution >= 0.6 is 27.3 Å². The molecule has 0 aromatic carbocycles. The third-order valence-corrected chi connectivity index (χ3v) is 4.21. The fourth-order valence-corrected chi connectivity index (χ4v) is 2.97. The molecule has 3 rings (SSSR count). The number of hydrogen-bond acceptors (Lipinski definition) is 5. The van der Waals surface area contributed by atoms with Gasteiger partial charge in [0, 0.05) is 15.5 Å². The molecule has 0 aliphatic carbocycles. The topological polar surface area (TPSA) is 47.9 Å². The lowest BCUT2D eigenvalue weighted by Crippen LogP contribution is -1.90. The van der Waals surface area contributed by atoms with E-state index in [1.165, 1.54) is 11.2 Å². The molecule has 0 radical (unpaired) electrons. The van der Waals surface area contributed by atoms with Gasteiger partial charge in [0.25, 0.3) is 0 Å². The monoisotopic (exact) mass is 335 g/mol. The molecule has 0 N–H and O–H groups in total. The largest absolute Gasteiger partial charge is 0.437 e. The van der Waals surface area contributed by atoms with E-state index in [0.29, 0.717) is 11.6 Å². The molecule has 4 nitrogen and oxygen atoms in total. The first-order valence-electron chi connectivity index (χ1n) is 5.78. The van der Waals surface area contributed by atoms with Crippen molar-refractivity contribution >= 4 is 37.5 Å². The van der Waals surface area contributed by atoms with Gasteiger partial charge in [-0.3, -0.25) is 4.98 Å². The van der Waals surface area contributed by atoms with Crippen LogP contribution in [0.5, 0.6) is 11.6 Å². The number of ether oxygens (including phenoxy) is 1. The molecule has 0 aliphatic heterocycles. The molecule has 0 saturated heterocycles. The van der Waals surface area contributed by atoms with Gasteiger partial charge in [-0.1, -0.05) is 6.92 Å². The molecule has 6 heteroatoms. The van der Waals surface area contributed by atoms with Gasteiger partial charge >= 0.3 is 0 Å². The second kappa shape index (κ2) is 5.22. The van der Waals surface area contributed by atoms with E-state index in [1.54, 1.807) is 23.7 Å². The number of nitrogens with zero attached hydrogens (tertiary/aromatic N) is 3. The predicted molar refractivity (Wildman–Crippen MR) is 78.8 cm³/mol. The summed E-state index contributed by atoms with van der Waals surface area (Å²) in [6.07, 6.45) is 5.88. The minimum atomic E-state index is 0.570. The summed E-state index contributed by atoms with van der Waals surface area (Å²) >= 11 is 5.04. The smallest absolute Gasteiger partial charge is 0.231 e. The van der Waals surface area contributed by atoms with E-state index in [9.17, 15) is 0 Å². The zero-order chi connectivity index (χ0) is 13.2. The molecule has 0 bridgehead atoms. The predicted octanol–water partition coefficient (Wildman–Crippen LogP) is 4.20. The van der Waals surface area contributed by atoms with E-state index in [-0.39, 0.29) is 0 Å². The van der Waals surface area contributed by atoms with Crippen LogP contribution in [0.4, 0.5) is 0 Å². The SMILES string of the molecule is CCc1cc2c(Oc3cncc(Br)c3)ncnc2s1. The van der Waals surface area contributed by atoms with Gasteiger partial charge in [0.15, 0.2) is 0 Å². The quantitative estimate of drug-likeness (QED) is 0.719. The van der Waals surface area contributed by atoms with Crippen LogP contribution in [0.3, 0.4) is 0 Å². The molecule has 0 aliphatic rings. The summed E-state index contributed by atoms with van der Waals surface area (Å²) in [4.78, 5) is 14.8. The molecule has 0 spiro atoms. The van der Waals surface area contributed by atoms with Crippen molar-refractivity contribution in [3.8, 4) is 11.6 Å². The molecule has 3 aromatic heterocycles. The Labute approximate surface area is 122 Å². The van der Waals surface area contributed by atoms with E-state index < -0.39 is 0 Å². The third kappa shape index (κ3) is 2.59. The van der Waals surface area contributed by atoms with Crippen molar-refractivity contribution in [2.24, 2.45) is 0 Å². The Bertz CT molecular complexity index is 729. The minimum Gasteiger partial charge on any atom is -0.437 e. The van der Waals surface area contributed by atoms with Crippen molar-refractivity contribution in [1.29, 1.82) is 0 Å². The molecule has 0 amide bonds. The third-order valence-electron chi connectivity index (χ3n) is 2.59. The Kier molecular flexibility index (Phi) is 3.44. The highest BCUT2D eigenvalue weighted by atomic mass is 79.9. The van der Waals surface area contributed by atoms with Crippen LogP contribution < -0.4 is 4.74 Å². The highest BCUT2D eigenvalue weighted by Crippen LogP contribution is 2.32. The van der Waals surface area contributed by atoms with Gasteiger partial charge in [0.2, 0.25) is 5.88 Å². The first kappa shape index (κ1) is 12.5. The summed E-state index contributed by atoms with van der Waals surface area (Å²) in [6, 6.07) is 3.94. The maximum absolute atomic E-state index is 5.79. The summed E-state index contributed by atoms with van der Waals surface area (Å²) in [5.41, 5.74) is 0. The van der Waals surface area contributed by atoms with Gasteiger partial charge in [-0.2, -0.15) is 0 Å². The lowest BCUT2D eigenvalue weighted by molar-refractivity contribution is 0.466. The second-order valence-corrected chi connectivity index (χ2v) is 5.94. The van der Waals surface area contributed by atoms with Crippen LogP contribution in [0.1, 0.15) is 11.8 Å². The van der Waals surface area contributed by atoms with Crippen molar-refractivity contribution in [2.75, 3.05) is 0 Å². The molecular weight excluding hydrogens is 326 g/mol. The summed E-state index contributed by atoms with van der Waals surface area (Å²) in [5, 5.41) is 0.948. The fraction of sp³-hybridized carbons (Fsp3) is 0.154. The molecule has 0 fully saturated rings. The van der Waals surface area contributed by atoms with Crippen molar-refractivity contribution in [3.63, 3.8) is 0 Å². The summed E-state index contributed by atoms with van der Waals surface area (Å²) in [5.74, 6) is 1.22. The number of halogens is 1. The Balaban J connectivity index is 2.02. The number of pyridine rings is 1. The standard InChI is InChI=1S/C13H10BrN3OS/c1-2-10-4-11-12(16-7-17-13(11)19-10)18-9-3-8(14)5-15-6-9/h3-7H,2H2,1H3. The lowest BCUT2D eigenvalue weighted by atomic mass is 10.3. The van der Waals surface area contributed by atoms with E-state index in [4.69, 9.17) is 4.74 Å². The van der Waals surface area contributed by atoms with Crippen LogP contribution in [0, 0.1) is 0 Å². The molecule has 3 aromatic rings. The molecule has 96 valence electrons. The van der Waals surface area contributed by atoms with Crippen molar-refractivity contribution < 1.29 is 4.74 Å². The van der Waals surface area contributed by atoms with Crippen molar-refractivity contribution in [2.45, 2.75) is 13.3 Å². The van der Waals surface area contributed by atoms with Crippen LogP contribution in [0.25, 0.3) is 10.2 Å². The maximum atomic E-state index is 5.79. The second-order valence-electron chi connectivity index (χ2n) is 3.90. The van der Waals surface area contributed by atoms with Crippen LogP contribution in [-0.4, -0.2) is 15.0 Å². The average Bonchev–Trinajstić information content (AvgIpc) is 2.83. The number of fused-ring (bicyclic) bond motifs is 1. The van der Waals surface area contributed by atoms with E-state index in [2.05, 4.69) is 43.9 Å². The summed E-state index contributed by atoms with van der Waals surface area (Å²) in [6.45, 7) is 2.12. The lowest BCUT2D eigenvalue weighted by Gasteiger charge is -2.04. The van der Waals surface area contributed by atoms with E-state index in [0.717, 1.165) is 21.1 Å². The molecular formula is C13H10BrN3OS. The van der Waals surface area contributed by atoms with Crippen molar-refractivity contribution in [1.82, 2.24) is 15.0 Å². The van der Waals surface area contributed by atoms with Gasteiger partial charge in [-0.15, -0.1) is 11.3 Å². The van der Waals surface area contributed by atoms with Gasteiger partial charge in [-0.05, 0) is 34.5 Å². The summed E-state index contributed by atoms with van der Waals surface area (Å²) < 4.78 is 6.66. The Morgan fingerprint density at radius 3 is 2.95 bits per heavy atom. The first-order valence-corrected chi connectivity index (χ1v) is 7.39. The zero-order valence-electron chi connectivity index (χ0n) is 10.1. The maximum Gasteiger partial charge on any atom is 0.231 e. The molecule has 0 atom stereocenters. The fourth-order valence-electron chi connectivity index (χ4n) is 1.70. The highest BCUT2D eigenvalue weighted by molar-refractivity contribution is 9.10. The molecule has 0 saturated carbocycles. The highest BCUT2D eigenvalue weighted by Gasteiger charge is 2.10. The Morgan fingerprint density at radius 2 is 2.16 bits per heavy atom. The van der Waals surface area contributed by atoms with Crippen LogP contribution in [0.15, 0.2) is 35.3 Å². The van der Waals surface area contributed by atoms with Gasteiger partial charge in [0.1, 0.15) is 16.9 Å². The minimum absolute atomic E-state index is 0.570. The number of hydrogen-bond donors (Lipinski definition) is 0. The number of aryl methyl sites for hydroxylation is 1. The number of thiophene rings is 1. The normalized spacial score (nSPS) is 10.8. The average molecular weight is 336 g/mol. The number of aromatic nitrogens is 3. The van der Waals surface area contributed by atoms with Crippen LogP contribution in [0.2, 0.25) is 0 Å². The van der Waals surface area contributed by atoms with Gasteiger partial charge < -0.3 is 4.74 Å². The molecule has 0 unspecified atom stereocenters. The Hall–Kier alpha value is -1.53. The van der Waals surface area contributed by atoms with E-state index >= 15 is 0 Å². The molecule has 3 heterocycles. The van der Waals surface area contributed by atoms with Crippen molar-refractivity contribution in [3.05, 3.63) is 40.2 Å². The first-order chi connectivity index (χ1) is 9.26. The summed E-state index contributed by atoms with van der Waals surface area (Å²) in [7, 11) is 0. The Morgan fingerprint density at radius 1 is 1.26 bits per heavy atom. The van der Waals surface area contributed by atoms with Crippen LogP contribution in [-0.2, 0) is 6.42 Å². The number of rotatable bonds is 3. The van der Waals surface area contributed by atoms with Gasteiger partial charge in [0.05, 0.1) is 11.6 Å².